The van der Waals surface area contributed by atoms with E-state index in [0.717, 1.165) is 29.0 Å². The zero-order valence-electron chi connectivity index (χ0n) is 25.1. The second-order valence-electron chi connectivity index (χ2n) is 11.0. The van der Waals surface area contributed by atoms with Crippen LogP contribution in [0, 0.1) is 27.7 Å². The fourth-order valence-corrected chi connectivity index (χ4v) is 5.97. The molecule has 3 nitrogen and oxygen atoms in total. The van der Waals surface area contributed by atoms with Crippen molar-refractivity contribution in [2.45, 2.75) is 54.4 Å². The Morgan fingerprint density at radius 3 is 1.52 bits per heavy atom. The predicted molar refractivity (Wildman–Crippen MR) is 174 cm³/mol. The van der Waals surface area contributed by atoms with Crippen molar-refractivity contribution in [1.82, 2.24) is 0 Å². The Morgan fingerprint density at radius 2 is 1.05 bits per heavy atom. The molecule has 6 rings (SSSR count). The summed E-state index contributed by atoms with van der Waals surface area (Å²) in [6.07, 6.45) is 6.68. The summed E-state index contributed by atoms with van der Waals surface area (Å²) >= 11 is 7.49. The third-order valence-corrected chi connectivity index (χ3v) is 7.94. The molecule has 0 bridgehead atoms. The first-order valence-electron chi connectivity index (χ1n) is 13.9. The Labute approximate surface area is 266 Å². The first-order valence-corrected chi connectivity index (χ1v) is 14.9. The SMILES string of the molecule is CC1=Cc2c(Cl)cccc2C1.CC1=Cc2c(cccc2-c2c(C)cccc2C)C1.Cc1cccc(C)c1B(O)O.[O]=[Pd]. The van der Waals surface area contributed by atoms with Gasteiger partial charge in [0.05, 0.1) is 0 Å². The van der Waals surface area contributed by atoms with Crippen LogP contribution in [0.2, 0.25) is 5.02 Å². The Balaban J connectivity index is 0.000000176. The van der Waals surface area contributed by atoms with Crippen LogP contribution in [-0.2, 0) is 35.5 Å². The fraction of sp³-hybridized carbons (Fsp3) is 0.222. The van der Waals surface area contributed by atoms with Crippen molar-refractivity contribution < 1.29 is 32.7 Å². The van der Waals surface area contributed by atoms with E-state index in [1.54, 1.807) is 0 Å². The number of hydrogen-bond donors (Lipinski definition) is 2. The molecule has 0 heterocycles. The molecule has 2 aliphatic carbocycles. The molecule has 220 valence electrons. The molecule has 2 N–H and O–H groups in total. The molecule has 42 heavy (non-hydrogen) atoms. The van der Waals surface area contributed by atoms with Crippen LogP contribution >= 0.6 is 11.6 Å². The fourth-order valence-electron chi connectivity index (χ4n) is 5.72. The molecular weight excluding hydrogens is 633 g/mol. The van der Waals surface area contributed by atoms with Gasteiger partial charge in [0.25, 0.3) is 0 Å². The van der Waals surface area contributed by atoms with E-state index in [-0.39, 0.29) is 0 Å². The maximum atomic E-state index is 8.94. The van der Waals surface area contributed by atoms with E-state index in [9.17, 15) is 0 Å². The third-order valence-electron chi connectivity index (χ3n) is 7.61. The summed E-state index contributed by atoms with van der Waals surface area (Å²) in [5.74, 6) is 0. The van der Waals surface area contributed by atoms with E-state index in [1.807, 2.05) is 44.2 Å². The number of rotatable bonds is 2. The van der Waals surface area contributed by atoms with Crippen LogP contribution in [0.3, 0.4) is 0 Å². The first-order chi connectivity index (χ1) is 20.1. The molecule has 0 unspecified atom stereocenters. The number of fused-ring (bicyclic) bond motifs is 2. The van der Waals surface area contributed by atoms with E-state index in [0.29, 0.717) is 5.46 Å². The van der Waals surface area contributed by atoms with Crippen molar-refractivity contribution in [2.75, 3.05) is 0 Å². The maximum absolute atomic E-state index is 8.94. The van der Waals surface area contributed by atoms with Crippen LogP contribution in [-0.4, -0.2) is 17.2 Å². The summed E-state index contributed by atoms with van der Waals surface area (Å²) in [6.45, 7) is 12.5. The van der Waals surface area contributed by atoms with Gasteiger partial charge >= 0.3 is 29.7 Å². The van der Waals surface area contributed by atoms with Crippen LogP contribution in [0.4, 0.5) is 0 Å². The summed E-state index contributed by atoms with van der Waals surface area (Å²) in [4.78, 5) is 0. The quantitative estimate of drug-likeness (QED) is 0.212. The number of allylic oxidation sites excluding steroid dienone is 2. The molecule has 0 fully saturated rings. The Kier molecular flexibility index (Phi) is 12.4. The molecular formula is C36H38BClO3Pd. The van der Waals surface area contributed by atoms with Gasteiger partial charge in [-0.05, 0) is 110 Å². The van der Waals surface area contributed by atoms with Crippen molar-refractivity contribution >= 4 is 36.3 Å². The summed E-state index contributed by atoms with van der Waals surface area (Å²) in [7, 11) is -1.35. The van der Waals surface area contributed by atoms with Crippen molar-refractivity contribution in [3.63, 3.8) is 0 Å². The van der Waals surface area contributed by atoms with Gasteiger partial charge in [-0.25, -0.2) is 0 Å². The average Bonchev–Trinajstić information content (AvgIpc) is 3.52. The predicted octanol–water partition coefficient (Wildman–Crippen LogP) is 8.09. The number of aryl methyl sites for hydroxylation is 4. The van der Waals surface area contributed by atoms with Gasteiger partial charge in [-0.1, -0.05) is 113 Å². The van der Waals surface area contributed by atoms with Crippen LogP contribution in [0.5, 0.6) is 0 Å². The van der Waals surface area contributed by atoms with Gasteiger partial charge in [0.2, 0.25) is 0 Å². The van der Waals surface area contributed by atoms with Crippen LogP contribution in [0.1, 0.15) is 58.4 Å². The van der Waals surface area contributed by atoms with E-state index in [1.165, 1.54) is 74.8 Å². The van der Waals surface area contributed by atoms with Gasteiger partial charge in [0.1, 0.15) is 0 Å². The molecule has 6 heteroatoms. The number of hydrogen-bond acceptors (Lipinski definition) is 3. The summed E-state index contributed by atoms with van der Waals surface area (Å²) in [5.41, 5.74) is 16.3. The summed E-state index contributed by atoms with van der Waals surface area (Å²) in [5, 5.41) is 18.8. The van der Waals surface area contributed by atoms with E-state index >= 15 is 0 Å². The van der Waals surface area contributed by atoms with Gasteiger partial charge in [0.15, 0.2) is 0 Å². The number of halogens is 1. The molecule has 0 saturated heterocycles. The molecule has 2 aliphatic rings. The molecule has 0 saturated carbocycles. The van der Waals surface area contributed by atoms with Crippen LogP contribution in [0.15, 0.2) is 83.9 Å². The number of benzene rings is 4. The average molecular weight is 671 g/mol. The molecule has 4 aromatic carbocycles. The van der Waals surface area contributed by atoms with Crippen LogP contribution < -0.4 is 5.46 Å². The second-order valence-corrected chi connectivity index (χ2v) is 11.4. The minimum absolute atomic E-state index is 0.618. The van der Waals surface area contributed by atoms with Gasteiger partial charge in [-0.15, -0.1) is 0 Å². The van der Waals surface area contributed by atoms with E-state index in [2.05, 4.69) is 82.3 Å². The standard InChI is InChI=1S/C18H18.C10H9Cl.C8H11BO2.O.Pd/c1-12-10-15-8-5-9-16(17(15)11-12)18-13(2)6-4-7-14(18)3;1-7-5-8-3-2-4-10(11)9(8)6-7;1-6-4-3-5-7(2)8(6)9(10)11;;/h4-9,11H,10H2,1-3H3;2-4,6H,5H2,1H3;3-5,10-11H,1-2H3;;. The zero-order chi connectivity index (χ0) is 31.0. The summed E-state index contributed by atoms with van der Waals surface area (Å²) in [6, 6.07) is 24.9. The normalized spacial score (nSPS) is 12.3. The molecule has 0 aromatic heterocycles. The molecule has 0 radical (unpaired) electrons. The van der Waals surface area contributed by atoms with Crippen LogP contribution in [0.25, 0.3) is 23.3 Å². The van der Waals surface area contributed by atoms with E-state index in [4.69, 9.17) is 25.1 Å². The topological polar surface area (TPSA) is 57.5 Å². The Bertz CT molecular complexity index is 1580. The van der Waals surface area contributed by atoms with Gasteiger partial charge in [0, 0.05) is 5.02 Å². The van der Waals surface area contributed by atoms with Crippen molar-refractivity contribution in [1.29, 1.82) is 0 Å². The summed E-state index contributed by atoms with van der Waals surface area (Å²) < 4.78 is 8.10. The molecule has 0 amide bonds. The molecule has 0 atom stereocenters. The monoisotopic (exact) mass is 670 g/mol. The van der Waals surface area contributed by atoms with Gasteiger partial charge in [-0.2, -0.15) is 0 Å². The zero-order valence-corrected chi connectivity index (χ0v) is 27.4. The second kappa shape index (κ2) is 15.5. The van der Waals surface area contributed by atoms with Crippen molar-refractivity contribution in [2.24, 2.45) is 0 Å². The third kappa shape index (κ3) is 8.13. The van der Waals surface area contributed by atoms with Crippen molar-refractivity contribution in [3.8, 4) is 11.1 Å². The van der Waals surface area contributed by atoms with Gasteiger partial charge in [-0.3, -0.25) is 0 Å². The molecule has 0 spiro atoms. The Morgan fingerprint density at radius 1 is 0.619 bits per heavy atom. The van der Waals surface area contributed by atoms with E-state index < -0.39 is 7.12 Å². The van der Waals surface area contributed by atoms with Crippen molar-refractivity contribution in [3.05, 3.63) is 133 Å². The molecule has 4 aromatic rings. The minimum atomic E-state index is -1.35. The van der Waals surface area contributed by atoms with Gasteiger partial charge < -0.3 is 10.0 Å². The Hall–Kier alpha value is -2.90. The first kappa shape index (κ1) is 33.6. The molecule has 0 aliphatic heterocycles.